The highest BCUT2D eigenvalue weighted by Crippen LogP contribution is 2.29. The maximum absolute atomic E-state index is 11.6. The van der Waals surface area contributed by atoms with Crippen molar-refractivity contribution in [2.24, 2.45) is 0 Å². The van der Waals surface area contributed by atoms with E-state index in [0.717, 1.165) is 16.3 Å². The lowest BCUT2D eigenvalue weighted by atomic mass is 9.99. The largest absolute Gasteiger partial charge is 0.386 e. The van der Waals surface area contributed by atoms with Gasteiger partial charge in [-0.3, -0.25) is 0 Å². The topological polar surface area (TPSA) is 43.4 Å². The molecule has 0 unspecified atom stereocenters. The molecular weight excluding hydrogens is 204 g/mol. The molecule has 0 spiro atoms. The molecule has 0 N–H and O–H groups in total. The standard InChI is InChI=1S/C13H8O3/c1-7-2-3-8-4-5-9-11(10(8)6-7)13(15)16-12(9)14/h2-6H,1H3. The van der Waals surface area contributed by atoms with Crippen LogP contribution in [-0.2, 0) is 4.74 Å². The van der Waals surface area contributed by atoms with E-state index < -0.39 is 11.9 Å². The molecule has 3 heteroatoms. The molecule has 3 nitrogen and oxygen atoms in total. The van der Waals surface area contributed by atoms with Crippen molar-refractivity contribution in [3.63, 3.8) is 0 Å². The minimum atomic E-state index is -0.552. The Hall–Kier alpha value is -2.16. The zero-order chi connectivity index (χ0) is 11.3. The summed E-state index contributed by atoms with van der Waals surface area (Å²) in [6.07, 6.45) is 0. The van der Waals surface area contributed by atoms with Crippen molar-refractivity contribution in [3.05, 3.63) is 47.0 Å². The molecule has 0 atom stereocenters. The molecule has 2 aromatic carbocycles. The molecule has 1 heterocycles. The zero-order valence-electron chi connectivity index (χ0n) is 8.61. The summed E-state index contributed by atoms with van der Waals surface area (Å²) in [5, 5.41) is 1.73. The fourth-order valence-electron chi connectivity index (χ4n) is 2.01. The van der Waals surface area contributed by atoms with Crippen LogP contribution >= 0.6 is 0 Å². The van der Waals surface area contributed by atoms with Crippen molar-refractivity contribution in [1.82, 2.24) is 0 Å². The number of carbonyl (C=O) groups is 2. The van der Waals surface area contributed by atoms with E-state index >= 15 is 0 Å². The van der Waals surface area contributed by atoms with Crippen molar-refractivity contribution in [1.29, 1.82) is 0 Å². The molecule has 0 aliphatic carbocycles. The van der Waals surface area contributed by atoms with Gasteiger partial charge >= 0.3 is 11.9 Å². The summed E-state index contributed by atoms with van der Waals surface area (Å²) in [6.45, 7) is 1.95. The number of benzene rings is 2. The monoisotopic (exact) mass is 212 g/mol. The number of rotatable bonds is 0. The smallest absolute Gasteiger partial charge is 0.347 e. The molecule has 2 aromatic rings. The van der Waals surface area contributed by atoms with Crippen LogP contribution in [0, 0.1) is 6.92 Å². The fourth-order valence-corrected chi connectivity index (χ4v) is 2.01. The van der Waals surface area contributed by atoms with Gasteiger partial charge in [0.25, 0.3) is 0 Å². The molecule has 0 bridgehead atoms. The first-order chi connectivity index (χ1) is 7.66. The number of hydrogen-bond acceptors (Lipinski definition) is 3. The summed E-state index contributed by atoms with van der Waals surface area (Å²) in [6, 6.07) is 9.26. The van der Waals surface area contributed by atoms with Gasteiger partial charge in [-0.25, -0.2) is 9.59 Å². The summed E-state index contributed by atoms with van der Waals surface area (Å²) in [5.74, 6) is -1.10. The number of aryl methyl sites for hydroxylation is 1. The van der Waals surface area contributed by atoms with Crippen molar-refractivity contribution < 1.29 is 14.3 Å². The van der Waals surface area contributed by atoms with Gasteiger partial charge in [0, 0.05) is 0 Å². The molecule has 78 valence electrons. The van der Waals surface area contributed by atoms with E-state index in [0.29, 0.717) is 11.1 Å². The Morgan fingerprint density at radius 1 is 1.00 bits per heavy atom. The zero-order valence-corrected chi connectivity index (χ0v) is 8.61. The summed E-state index contributed by atoms with van der Waals surface area (Å²) >= 11 is 0. The highest BCUT2D eigenvalue weighted by Gasteiger charge is 2.31. The van der Waals surface area contributed by atoms with Crippen molar-refractivity contribution in [2.75, 3.05) is 0 Å². The summed E-state index contributed by atoms with van der Waals surface area (Å²) in [7, 11) is 0. The van der Waals surface area contributed by atoms with Gasteiger partial charge < -0.3 is 4.74 Å². The van der Waals surface area contributed by atoms with Crippen LogP contribution in [0.25, 0.3) is 10.8 Å². The van der Waals surface area contributed by atoms with Gasteiger partial charge in [0.2, 0.25) is 0 Å². The maximum atomic E-state index is 11.6. The quantitative estimate of drug-likeness (QED) is 0.497. The fraction of sp³-hybridized carbons (Fsp3) is 0.0769. The van der Waals surface area contributed by atoms with E-state index in [1.54, 1.807) is 6.07 Å². The van der Waals surface area contributed by atoms with Crippen LogP contribution in [-0.4, -0.2) is 11.9 Å². The van der Waals surface area contributed by atoms with Crippen LogP contribution in [0.2, 0.25) is 0 Å². The minimum absolute atomic E-state index is 0.364. The average Bonchev–Trinajstić information content (AvgIpc) is 2.54. The molecule has 3 rings (SSSR count). The second-order valence-electron chi connectivity index (χ2n) is 3.89. The molecule has 0 saturated heterocycles. The van der Waals surface area contributed by atoms with Crippen LogP contribution in [0.5, 0.6) is 0 Å². The van der Waals surface area contributed by atoms with Crippen LogP contribution < -0.4 is 0 Å². The molecule has 1 aliphatic heterocycles. The Kier molecular flexibility index (Phi) is 1.66. The van der Waals surface area contributed by atoms with Crippen molar-refractivity contribution in [3.8, 4) is 0 Å². The first-order valence-electron chi connectivity index (χ1n) is 4.97. The van der Waals surface area contributed by atoms with E-state index in [1.165, 1.54) is 0 Å². The lowest BCUT2D eigenvalue weighted by Gasteiger charge is -2.02. The number of ether oxygens (including phenoxy) is 1. The molecule has 0 fully saturated rings. The third kappa shape index (κ3) is 1.08. The Morgan fingerprint density at radius 2 is 1.75 bits per heavy atom. The first-order valence-corrected chi connectivity index (χ1v) is 4.97. The van der Waals surface area contributed by atoms with Crippen molar-refractivity contribution >= 4 is 22.7 Å². The summed E-state index contributed by atoms with van der Waals surface area (Å²) < 4.78 is 4.60. The number of esters is 2. The van der Waals surface area contributed by atoms with E-state index in [4.69, 9.17) is 0 Å². The van der Waals surface area contributed by atoms with Gasteiger partial charge in [-0.15, -0.1) is 0 Å². The molecular formula is C13H8O3. The minimum Gasteiger partial charge on any atom is -0.386 e. The second-order valence-corrected chi connectivity index (χ2v) is 3.89. The number of fused-ring (bicyclic) bond motifs is 3. The summed E-state index contributed by atoms with van der Waals surface area (Å²) in [4.78, 5) is 22.9. The first kappa shape index (κ1) is 9.09. The number of carbonyl (C=O) groups excluding carboxylic acids is 2. The van der Waals surface area contributed by atoms with Crippen molar-refractivity contribution in [2.45, 2.75) is 6.92 Å². The number of hydrogen-bond donors (Lipinski definition) is 0. The van der Waals surface area contributed by atoms with E-state index in [9.17, 15) is 9.59 Å². The molecule has 1 aliphatic rings. The Balaban J connectivity index is 2.48. The van der Waals surface area contributed by atoms with Gasteiger partial charge in [0.05, 0.1) is 11.1 Å². The molecule has 16 heavy (non-hydrogen) atoms. The van der Waals surface area contributed by atoms with E-state index in [1.807, 2.05) is 31.2 Å². The normalized spacial score (nSPS) is 14.1. The van der Waals surface area contributed by atoms with Gasteiger partial charge in [-0.1, -0.05) is 29.8 Å². The summed E-state index contributed by atoms with van der Waals surface area (Å²) in [5.41, 5.74) is 1.81. The SMILES string of the molecule is Cc1ccc2ccc3c(c2c1)C(=O)OC3=O. The van der Waals surface area contributed by atoms with Crippen LogP contribution in [0.15, 0.2) is 30.3 Å². The Bertz CT molecular complexity index is 641. The van der Waals surface area contributed by atoms with Gasteiger partial charge in [0.1, 0.15) is 0 Å². The molecule has 0 saturated carbocycles. The molecule has 0 radical (unpaired) electrons. The highest BCUT2D eigenvalue weighted by atomic mass is 16.6. The van der Waals surface area contributed by atoms with E-state index in [2.05, 4.69) is 4.74 Å². The lowest BCUT2D eigenvalue weighted by molar-refractivity contribution is 0.0444. The predicted molar refractivity (Wildman–Crippen MR) is 58.4 cm³/mol. The Morgan fingerprint density at radius 3 is 2.56 bits per heavy atom. The second kappa shape index (κ2) is 2.92. The van der Waals surface area contributed by atoms with Crippen LogP contribution in [0.3, 0.4) is 0 Å². The van der Waals surface area contributed by atoms with E-state index in [-0.39, 0.29) is 0 Å². The third-order valence-electron chi connectivity index (χ3n) is 2.79. The molecule has 0 aromatic heterocycles. The highest BCUT2D eigenvalue weighted by molar-refractivity contribution is 6.21. The van der Waals surface area contributed by atoms with Crippen LogP contribution in [0.4, 0.5) is 0 Å². The third-order valence-corrected chi connectivity index (χ3v) is 2.79. The van der Waals surface area contributed by atoms with Gasteiger partial charge in [0.15, 0.2) is 0 Å². The molecule has 0 amide bonds. The lowest BCUT2D eigenvalue weighted by Crippen LogP contribution is -1.97. The van der Waals surface area contributed by atoms with Gasteiger partial charge in [-0.05, 0) is 23.8 Å². The number of cyclic esters (lactones) is 2. The predicted octanol–water partition coefficient (Wildman–Crippen LogP) is 2.46. The Labute approximate surface area is 91.6 Å². The average molecular weight is 212 g/mol. The maximum Gasteiger partial charge on any atom is 0.347 e. The van der Waals surface area contributed by atoms with Crippen LogP contribution in [0.1, 0.15) is 26.3 Å². The van der Waals surface area contributed by atoms with Gasteiger partial charge in [-0.2, -0.15) is 0 Å².